The average Bonchev–Trinajstić information content (AvgIpc) is 3.07. The lowest BCUT2D eigenvalue weighted by Crippen LogP contribution is -2.39. The zero-order valence-electron chi connectivity index (χ0n) is 11.6. The highest BCUT2D eigenvalue weighted by molar-refractivity contribution is 7.98. The maximum Gasteiger partial charge on any atom is 0.317 e. The Labute approximate surface area is 117 Å². The molecular formula is C12H21N5OS. The molecule has 0 aliphatic carbocycles. The van der Waals surface area contributed by atoms with E-state index in [0.717, 1.165) is 49.9 Å². The van der Waals surface area contributed by atoms with Gasteiger partial charge in [0.05, 0.1) is 0 Å². The number of carbonyl (C=O) groups is 1. The van der Waals surface area contributed by atoms with E-state index in [2.05, 4.69) is 27.0 Å². The van der Waals surface area contributed by atoms with Crippen LogP contribution in [-0.2, 0) is 13.0 Å². The van der Waals surface area contributed by atoms with E-state index in [1.165, 1.54) is 0 Å². The first-order chi connectivity index (χ1) is 9.26. The number of nitrogens with zero attached hydrogens (tertiary/aromatic N) is 4. The Kier molecular flexibility index (Phi) is 5.07. The largest absolute Gasteiger partial charge is 0.338 e. The monoisotopic (exact) mass is 283 g/mol. The van der Waals surface area contributed by atoms with Crippen LogP contribution in [0.2, 0.25) is 0 Å². The van der Waals surface area contributed by atoms with Gasteiger partial charge in [0, 0.05) is 32.6 Å². The second-order valence-corrected chi connectivity index (χ2v) is 5.30. The van der Waals surface area contributed by atoms with Crippen molar-refractivity contribution in [3.63, 3.8) is 0 Å². The Morgan fingerprint density at radius 2 is 2.11 bits per heavy atom. The van der Waals surface area contributed by atoms with E-state index in [1.54, 1.807) is 11.8 Å². The number of hydrogen-bond donors (Lipinski definition) is 1. The van der Waals surface area contributed by atoms with Gasteiger partial charge >= 0.3 is 6.03 Å². The quantitative estimate of drug-likeness (QED) is 0.829. The molecule has 0 radical (unpaired) electrons. The average molecular weight is 283 g/mol. The second kappa shape index (κ2) is 6.79. The van der Waals surface area contributed by atoms with Crippen LogP contribution >= 0.6 is 11.8 Å². The molecule has 1 aliphatic heterocycles. The standard InChI is InChI=1S/C12H21N5OS/c1-3-17-10(14-15-12(17)19-2)6-7-13-11(18)16-8-4-5-9-16/h3-9H2,1-2H3,(H,13,18). The lowest BCUT2D eigenvalue weighted by Gasteiger charge is -2.16. The lowest BCUT2D eigenvalue weighted by molar-refractivity contribution is 0.209. The lowest BCUT2D eigenvalue weighted by atomic mass is 10.4. The van der Waals surface area contributed by atoms with Gasteiger partial charge in [0.15, 0.2) is 5.16 Å². The van der Waals surface area contributed by atoms with Crippen molar-refractivity contribution in [3.05, 3.63) is 5.82 Å². The molecule has 2 amide bonds. The van der Waals surface area contributed by atoms with Crippen LogP contribution < -0.4 is 5.32 Å². The van der Waals surface area contributed by atoms with Crippen molar-refractivity contribution >= 4 is 17.8 Å². The van der Waals surface area contributed by atoms with E-state index >= 15 is 0 Å². The summed E-state index contributed by atoms with van der Waals surface area (Å²) in [7, 11) is 0. The van der Waals surface area contributed by atoms with Gasteiger partial charge in [-0.15, -0.1) is 10.2 Å². The van der Waals surface area contributed by atoms with Gasteiger partial charge < -0.3 is 14.8 Å². The van der Waals surface area contributed by atoms with Gasteiger partial charge in [-0.25, -0.2) is 4.79 Å². The molecule has 1 aromatic heterocycles. The Hall–Kier alpha value is -1.24. The third-order valence-corrected chi connectivity index (χ3v) is 3.98. The van der Waals surface area contributed by atoms with Crippen molar-refractivity contribution in [3.8, 4) is 0 Å². The molecule has 7 heteroatoms. The summed E-state index contributed by atoms with van der Waals surface area (Å²) in [6.45, 7) is 5.32. The number of rotatable bonds is 5. The summed E-state index contributed by atoms with van der Waals surface area (Å²) in [5.41, 5.74) is 0. The number of hydrogen-bond acceptors (Lipinski definition) is 4. The summed E-state index contributed by atoms with van der Waals surface area (Å²) in [5.74, 6) is 0.938. The third kappa shape index (κ3) is 3.40. The van der Waals surface area contributed by atoms with E-state index in [4.69, 9.17) is 0 Å². The number of thioether (sulfide) groups is 1. The molecule has 1 aliphatic rings. The summed E-state index contributed by atoms with van der Waals surface area (Å²) in [6.07, 6.45) is 4.96. The molecule has 0 unspecified atom stereocenters. The maximum absolute atomic E-state index is 11.8. The van der Waals surface area contributed by atoms with Crippen molar-refractivity contribution in [2.45, 2.75) is 37.9 Å². The highest BCUT2D eigenvalue weighted by atomic mass is 32.2. The van der Waals surface area contributed by atoms with Crippen LogP contribution in [0.5, 0.6) is 0 Å². The Morgan fingerprint density at radius 3 is 2.74 bits per heavy atom. The van der Waals surface area contributed by atoms with Crippen molar-refractivity contribution < 1.29 is 4.79 Å². The van der Waals surface area contributed by atoms with Crippen LogP contribution in [0.3, 0.4) is 0 Å². The van der Waals surface area contributed by atoms with Gasteiger partial charge in [0.2, 0.25) is 0 Å². The van der Waals surface area contributed by atoms with Crippen LogP contribution in [0.4, 0.5) is 4.79 Å². The van der Waals surface area contributed by atoms with E-state index in [1.807, 2.05) is 11.2 Å². The SMILES string of the molecule is CCn1c(CCNC(=O)N2CCCC2)nnc1SC. The van der Waals surface area contributed by atoms with E-state index in [0.29, 0.717) is 6.54 Å². The van der Waals surface area contributed by atoms with Crippen LogP contribution in [0.15, 0.2) is 5.16 Å². The summed E-state index contributed by atoms with van der Waals surface area (Å²) in [4.78, 5) is 13.7. The molecule has 1 N–H and O–H groups in total. The number of likely N-dealkylation sites (tertiary alicyclic amines) is 1. The van der Waals surface area contributed by atoms with Crippen LogP contribution in [0, 0.1) is 0 Å². The molecule has 0 aromatic carbocycles. The predicted molar refractivity (Wildman–Crippen MR) is 75.4 cm³/mol. The van der Waals surface area contributed by atoms with Gasteiger partial charge in [-0.1, -0.05) is 11.8 Å². The maximum atomic E-state index is 11.8. The first-order valence-corrected chi connectivity index (χ1v) is 7.97. The highest BCUT2D eigenvalue weighted by Crippen LogP contribution is 2.13. The fraction of sp³-hybridized carbons (Fsp3) is 0.750. The van der Waals surface area contributed by atoms with Crippen LogP contribution in [-0.4, -0.2) is 51.6 Å². The van der Waals surface area contributed by atoms with E-state index < -0.39 is 0 Å². The molecule has 2 heterocycles. The summed E-state index contributed by atoms with van der Waals surface area (Å²) in [5, 5.41) is 12.2. The van der Waals surface area contributed by atoms with Crippen molar-refractivity contribution in [1.29, 1.82) is 0 Å². The molecule has 0 atom stereocenters. The fourth-order valence-electron chi connectivity index (χ4n) is 2.29. The predicted octanol–water partition coefficient (Wildman–Crippen LogP) is 1.37. The molecule has 0 bridgehead atoms. The second-order valence-electron chi connectivity index (χ2n) is 4.52. The third-order valence-electron chi connectivity index (χ3n) is 3.31. The summed E-state index contributed by atoms with van der Waals surface area (Å²) in [6, 6.07) is 0.0464. The summed E-state index contributed by atoms with van der Waals surface area (Å²) < 4.78 is 2.09. The van der Waals surface area contributed by atoms with Crippen molar-refractivity contribution in [1.82, 2.24) is 25.0 Å². The zero-order valence-corrected chi connectivity index (χ0v) is 12.4. The van der Waals surface area contributed by atoms with E-state index in [9.17, 15) is 4.79 Å². The Bertz CT molecular complexity index is 428. The number of aromatic nitrogens is 3. The first kappa shape index (κ1) is 14.2. The normalized spacial score (nSPS) is 14.9. The van der Waals surface area contributed by atoms with Crippen molar-refractivity contribution in [2.24, 2.45) is 0 Å². The van der Waals surface area contributed by atoms with Crippen molar-refractivity contribution in [2.75, 3.05) is 25.9 Å². The minimum atomic E-state index is 0.0464. The van der Waals surface area contributed by atoms with E-state index in [-0.39, 0.29) is 6.03 Å². The molecular weight excluding hydrogens is 262 g/mol. The molecule has 1 aromatic rings. The van der Waals surface area contributed by atoms with Gasteiger partial charge in [-0.05, 0) is 26.0 Å². The number of carbonyl (C=O) groups excluding carboxylic acids is 1. The number of urea groups is 1. The zero-order chi connectivity index (χ0) is 13.7. The summed E-state index contributed by atoms with van der Waals surface area (Å²) >= 11 is 1.59. The van der Waals surface area contributed by atoms with Crippen LogP contribution in [0.25, 0.3) is 0 Å². The molecule has 0 saturated carbocycles. The molecule has 1 fully saturated rings. The molecule has 0 spiro atoms. The van der Waals surface area contributed by atoms with Gasteiger partial charge in [-0.3, -0.25) is 0 Å². The molecule has 2 rings (SSSR count). The molecule has 6 nitrogen and oxygen atoms in total. The smallest absolute Gasteiger partial charge is 0.317 e. The first-order valence-electron chi connectivity index (χ1n) is 6.75. The topological polar surface area (TPSA) is 63.1 Å². The number of amides is 2. The molecule has 1 saturated heterocycles. The number of nitrogens with one attached hydrogen (secondary N) is 1. The van der Waals surface area contributed by atoms with Gasteiger partial charge in [0.1, 0.15) is 5.82 Å². The minimum Gasteiger partial charge on any atom is -0.338 e. The Balaban J connectivity index is 1.82. The highest BCUT2D eigenvalue weighted by Gasteiger charge is 2.17. The fourth-order valence-corrected chi connectivity index (χ4v) is 2.86. The van der Waals surface area contributed by atoms with Gasteiger partial charge in [-0.2, -0.15) is 0 Å². The van der Waals surface area contributed by atoms with Gasteiger partial charge in [0.25, 0.3) is 0 Å². The van der Waals surface area contributed by atoms with Crippen LogP contribution in [0.1, 0.15) is 25.6 Å². The Morgan fingerprint density at radius 1 is 1.37 bits per heavy atom. The molecule has 19 heavy (non-hydrogen) atoms. The molecule has 106 valence electrons. The minimum absolute atomic E-state index is 0.0464.